The molecule has 1 heterocycles. The third-order valence-corrected chi connectivity index (χ3v) is 6.72. The van der Waals surface area contributed by atoms with Gasteiger partial charge in [-0.25, -0.2) is 9.18 Å². The normalized spacial score (nSPS) is 10.5. The Hall–Kier alpha value is -2.97. The molecular formula is C25H25BrFN3O2S. The highest BCUT2D eigenvalue weighted by Crippen LogP contribution is 2.22. The maximum Gasteiger partial charge on any atom is 0.322 e. The van der Waals surface area contributed by atoms with E-state index in [4.69, 9.17) is 0 Å². The minimum Gasteiger partial charge on any atom is -0.332 e. The molecule has 3 rings (SSSR count). The molecule has 1 N–H and O–H groups in total. The quantitative estimate of drug-likeness (QED) is 0.335. The largest absolute Gasteiger partial charge is 0.332 e. The van der Waals surface area contributed by atoms with Crippen LogP contribution in [0.5, 0.6) is 0 Å². The van der Waals surface area contributed by atoms with Gasteiger partial charge in [0.25, 0.3) is 0 Å². The van der Waals surface area contributed by atoms with Gasteiger partial charge < -0.3 is 15.1 Å². The highest BCUT2D eigenvalue weighted by molar-refractivity contribution is 9.10. The Bertz CT molecular complexity index is 1120. The van der Waals surface area contributed by atoms with Gasteiger partial charge in [0.2, 0.25) is 5.91 Å². The number of nitrogens with one attached hydrogen (secondary N) is 1. The van der Waals surface area contributed by atoms with Gasteiger partial charge in [0.05, 0.1) is 12.2 Å². The fourth-order valence-corrected chi connectivity index (χ4v) is 4.48. The van der Waals surface area contributed by atoms with Crippen LogP contribution in [0.3, 0.4) is 0 Å². The van der Waals surface area contributed by atoms with Gasteiger partial charge in [-0.3, -0.25) is 4.79 Å². The van der Waals surface area contributed by atoms with Crippen molar-refractivity contribution in [2.45, 2.75) is 20.0 Å². The van der Waals surface area contributed by atoms with E-state index in [0.29, 0.717) is 18.8 Å². The molecule has 0 aliphatic rings. The molecule has 33 heavy (non-hydrogen) atoms. The van der Waals surface area contributed by atoms with Gasteiger partial charge in [0.15, 0.2) is 0 Å². The number of carbonyl (C=O) groups excluding carboxylic acids is 2. The van der Waals surface area contributed by atoms with Crippen LogP contribution in [-0.2, 0) is 17.9 Å². The molecule has 3 amide bonds. The highest BCUT2D eigenvalue weighted by atomic mass is 79.9. The first-order chi connectivity index (χ1) is 15.9. The molecule has 0 saturated carbocycles. The second-order valence-electron chi connectivity index (χ2n) is 7.48. The number of aryl methyl sites for hydroxylation is 1. The Morgan fingerprint density at radius 1 is 1.09 bits per heavy atom. The minimum atomic E-state index is -0.399. The standard InChI is InChI=1S/C25H25BrFN3O2S/c1-3-13-29(25(32)28-22-7-5-4-6-21(22)26)17-24(31)30(16-23-18(2)12-14-33-23)15-19-8-10-20(27)11-9-19/h3-12,14H,1,13,15-17H2,2H3,(H,28,32). The monoisotopic (exact) mass is 529 g/mol. The first-order valence-electron chi connectivity index (χ1n) is 10.3. The van der Waals surface area contributed by atoms with E-state index >= 15 is 0 Å². The Kier molecular flexibility index (Phi) is 8.79. The molecule has 0 bridgehead atoms. The van der Waals surface area contributed by atoms with E-state index in [0.717, 1.165) is 20.5 Å². The molecule has 5 nitrogen and oxygen atoms in total. The molecule has 172 valence electrons. The number of nitrogens with zero attached hydrogens (tertiary/aromatic N) is 2. The fraction of sp³-hybridized carbons (Fsp3) is 0.200. The van der Waals surface area contributed by atoms with Gasteiger partial charge >= 0.3 is 6.03 Å². The number of para-hydroxylation sites is 1. The van der Waals surface area contributed by atoms with E-state index in [1.54, 1.807) is 40.5 Å². The lowest BCUT2D eigenvalue weighted by molar-refractivity contribution is -0.132. The third-order valence-electron chi connectivity index (χ3n) is 5.02. The Morgan fingerprint density at radius 3 is 2.45 bits per heavy atom. The van der Waals surface area contributed by atoms with Crippen LogP contribution in [0.2, 0.25) is 0 Å². The molecule has 0 spiro atoms. The molecule has 0 fully saturated rings. The highest BCUT2D eigenvalue weighted by Gasteiger charge is 2.22. The molecule has 1 aromatic heterocycles. The fourth-order valence-electron chi connectivity index (χ4n) is 3.18. The first-order valence-corrected chi connectivity index (χ1v) is 12.0. The third kappa shape index (κ3) is 7.00. The van der Waals surface area contributed by atoms with Gasteiger partial charge in [0, 0.05) is 22.4 Å². The first kappa shape index (κ1) is 24.7. The number of urea groups is 1. The molecule has 3 aromatic rings. The number of hydrogen-bond donors (Lipinski definition) is 1. The summed E-state index contributed by atoms with van der Waals surface area (Å²) in [4.78, 5) is 30.4. The predicted octanol–water partition coefficient (Wildman–Crippen LogP) is 6.21. The minimum absolute atomic E-state index is 0.117. The van der Waals surface area contributed by atoms with Crippen molar-refractivity contribution < 1.29 is 14.0 Å². The lowest BCUT2D eigenvalue weighted by Gasteiger charge is -2.27. The summed E-state index contributed by atoms with van der Waals surface area (Å²) in [5, 5.41) is 4.82. The number of benzene rings is 2. The van der Waals surface area contributed by atoms with Gasteiger partial charge in [-0.05, 0) is 69.7 Å². The molecule has 2 aromatic carbocycles. The van der Waals surface area contributed by atoms with Crippen LogP contribution in [0.4, 0.5) is 14.9 Å². The molecule has 0 atom stereocenters. The molecule has 0 aliphatic carbocycles. The second-order valence-corrected chi connectivity index (χ2v) is 9.34. The Labute approximate surface area is 205 Å². The zero-order valence-electron chi connectivity index (χ0n) is 18.3. The van der Waals surface area contributed by atoms with Crippen molar-refractivity contribution in [3.8, 4) is 0 Å². The van der Waals surface area contributed by atoms with E-state index < -0.39 is 6.03 Å². The number of halogens is 2. The van der Waals surface area contributed by atoms with Crippen LogP contribution in [0.15, 0.2) is 77.1 Å². The number of hydrogen-bond acceptors (Lipinski definition) is 3. The summed E-state index contributed by atoms with van der Waals surface area (Å²) in [6.45, 7) is 6.54. The molecule has 0 unspecified atom stereocenters. The number of amides is 3. The maximum absolute atomic E-state index is 13.4. The summed E-state index contributed by atoms with van der Waals surface area (Å²) in [6.07, 6.45) is 1.58. The Morgan fingerprint density at radius 2 is 1.82 bits per heavy atom. The smallest absolute Gasteiger partial charge is 0.322 e. The van der Waals surface area contributed by atoms with Crippen LogP contribution >= 0.6 is 27.3 Å². The van der Waals surface area contributed by atoms with E-state index in [2.05, 4.69) is 27.8 Å². The van der Waals surface area contributed by atoms with Crippen molar-refractivity contribution >= 4 is 44.9 Å². The topological polar surface area (TPSA) is 52.7 Å². The summed E-state index contributed by atoms with van der Waals surface area (Å²) in [5.41, 5.74) is 2.53. The SMILES string of the molecule is C=CCN(CC(=O)N(Cc1ccc(F)cc1)Cc1sccc1C)C(=O)Nc1ccccc1Br. The van der Waals surface area contributed by atoms with Crippen molar-refractivity contribution in [3.63, 3.8) is 0 Å². The zero-order valence-corrected chi connectivity index (χ0v) is 20.7. The summed E-state index contributed by atoms with van der Waals surface area (Å²) < 4.78 is 14.1. The van der Waals surface area contributed by atoms with Crippen molar-refractivity contribution in [1.82, 2.24) is 9.80 Å². The number of carbonyl (C=O) groups is 2. The average Bonchev–Trinajstić information content (AvgIpc) is 3.20. The summed E-state index contributed by atoms with van der Waals surface area (Å²) in [7, 11) is 0. The second kappa shape index (κ2) is 11.8. The number of thiophene rings is 1. The number of anilines is 1. The van der Waals surface area contributed by atoms with E-state index in [1.807, 2.05) is 36.6 Å². The van der Waals surface area contributed by atoms with Crippen LogP contribution in [0, 0.1) is 12.7 Å². The van der Waals surface area contributed by atoms with Crippen LogP contribution in [0.25, 0.3) is 0 Å². The van der Waals surface area contributed by atoms with E-state index in [9.17, 15) is 14.0 Å². The van der Waals surface area contributed by atoms with Crippen LogP contribution < -0.4 is 5.32 Å². The molecule has 0 aliphatic heterocycles. The number of rotatable bonds is 9. The maximum atomic E-state index is 13.4. The van der Waals surface area contributed by atoms with Gasteiger partial charge in [-0.2, -0.15) is 0 Å². The van der Waals surface area contributed by atoms with Gasteiger partial charge in [-0.15, -0.1) is 17.9 Å². The summed E-state index contributed by atoms with van der Waals surface area (Å²) in [6, 6.07) is 15.0. The van der Waals surface area contributed by atoms with E-state index in [-0.39, 0.29) is 24.8 Å². The summed E-state index contributed by atoms with van der Waals surface area (Å²) in [5.74, 6) is -0.539. The van der Waals surface area contributed by atoms with Crippen molar-refractivity contribution in [3.05, 3.63) is 98.9 Å². The lowest BCUT2D eigenvalue weighted by Crippen LogP contribution is -2.44. The molecular weight excluding hydrogens is 505 g/mol. The van der Waals surface area contributed by atoms with Crippen molar-refractivity contribution in [1.29, 1.82) is 0 Å². The van der Waals surface area contributed by atoms with Gasteiger partial charge in [-0.1, -0.05) is 30.3 Å². The van der Waals surface area contributed by atoms with Gasteiger partial charge in [0.1, 0.15) is 12.4 Å². The molecule has 8 heteroatoms. The zero-order chi connectivity index (χ0) is 23.8. The van der Waals surface area contributed by atoms with Crippen LogP contribution in [0.1, 0.15) is 16.0 Å². The predicted molar refractivity (Wildman–Crippen MR) is 135 cm³/mol. The summed E-state index contributed by atoms with van der Waals surface area (Å²) >= 11 is 4.99. The van der Waals surface area contributed by atoms with Crippen molar-refractivity contribution in [2.75, 3.05) is 18.4 Å². The average molecular weight is 530 g/mol. The van der Waals surface area contributed by atoms with Crippen LogP contribution in [-0.4, -0.2) is 34.8 Å². The lowest BCUT2D eigenvalue weighted by atomic mass is 10.2. The van der Waals surface area contributed by atoms with E-state index in [1.165, 1.54) is 17.0 Å². The molecule has 0 saturated heterocycles. The Balaban J connectivity index is 1.77. The molecule has 0 radical (unpaired) electrons. The van der Waals surface area contributed by atoms with Crippen molar-refractivity contribution in [2.24, 2.45) is 0 Å².